The average molecular weight is 483 g/mol. The molecule has 1 fully saturated rings. The van der Waals surface area contributed by atoms with Crippen molar-refractivity contribution in [1.29, 1.82) is 5.41 Å². The third kappa shape index (κ3) is 6.63. The van der Waals surface area contributed by atoms with Gasteiger partial charge in [0.25, 0.3) is 5.91 Å². The number of rotatable bonds is 9. The number of amides is 1. The Morgan fingerprint density at radius 2 is 2.12 bits per heavy atom. The number of hydrogen-bond donors (Lipinski definition) is 3. The van der Waals surface area contributed by atoms with Crippen molar-refractivity contribution in [2.75, 3.05) is 27.2 Å². The van der Waals surface area contributed by atoms with Gasteiger partial charge in [0.05, 0.1) is 18.2 Å². The molecule has 1 aliphatic heterocycles. The van der Waals surface area contributed by atoms with E-state index in [0.717, 1.165) is 36.0 Å². The monoisotopic (exact) mass is 482 g/mol. The second kappa shape index (κ2) is 11.4. The van der Waals surface area contributed by atoms with Gasteiger partial charge >= 0.3 is 0 Å². The first kappa shape index (κ1) is 26.5. The number of nitrogens with one attached hydrogen (secondary N) is 2. The quantitative estimate of drug-likeness (QED) is 0.468. The lowest BCUT2D eigenvalue weighted by Gasteiger charge is -2.39. The maximum absolute atomic E-state index is 13.6. The van der Waals surface area contributed by atoms with Crippen LogP contribution in [0.25, 0.3) is 0 Å². The van der Waals surface area contributed by atoms with Crippen molar-refractivity contribution >= 4 is 33.6 Å². The predicted molar refractivity (Wildman–Crippen MR) is 134 cm³/mol. The Hall–Kier alpha value is -1.75. The van der Waals surface area contributed by atoms with Crippen LogP contribution in [0.2, 0.25) is 0 Å². The van der Waals surface area contributed by atoms with Gasteiger partial charge in [0.1, 0.15) is 0 Å². The Morgan fingerprint density at radius 1 is 1.44 bits per heavy atom. The van der Waals surface area contributed by atoms with E-state index in [9.17, 15) is 9.00 Å². The number of hydrogen-bond acceptors (Lipinski definition) is 6. The minimum absolute atomic E-state index is 0.0684. The fourth-order valence-electron chi connectivity index (χ4n) is 3.98. The van der Waals surface area contributed by atoms with Gasteiger partial charge in [0.2, 0.25) is 10.1 Å². The van der Waals surface area contributed by atoms with Crippen molar-refractivity contribution in [2.24, 2.45) is 9.50 Å². The molecule has 0 saturated carbocycles. The number of likely N-dealkylation sites (tertiary alicyclic amines) is 1. The van der Waals surface area contributed by atoms with Gasteiger partial charge in [-0.1, -0.05) is 27.7 Å². The van der Waals surface area contributed by atoms with Crippen molar-refractivity contribution < 1.29 is 9.00 Å². The highest BCUT2D eigenvalue weighted by molar-refractivity contribution is 7.89. The second-order valence-corrected chi connectivity index (χ2v) is 11.7. The Morgan fingerprint density at radius 3 is 2.66 bits per heavy atom. The molecule has 0 aromatic carbocycles. The van der Waals surface area contributed by atoms with E-state index in [1.54, 1.807) is 24.6 Å². The Balaban J connectivity index is 2.42. The third-order valence-corrected chi connectivity index (χ3v) is 8.75. The van der Waals surface area contributed by atoms with Gasteiger partial charge < -0.3 is 15.6 Å². The SMILES string of the molecule is CN/C=C(\C=N)N(C1CCCN(C)C1)S(N)(=O)=NC(=O)Cc1cc(C(C)C)sc1C(C)C. The van der Waals surface area contributed by atoms with Gasteiger partial charge in [-0.2, -0.15) is 0 Å². The van der Waals surface area contributed by atoms with Gasteiger partial charge in [-0.05, 0) is 49.9 Å². The third-order valence-electron chi connectivity index (χ3n) is 5.44. The molecule has 8 nitrogen and oxygen atoms in total. The summed E-state index contributed by atoms with van der Waals surface area (Å²) in [6.45, 7) is 10.0. The van der Waals surface area contributed by atoms with Gasteiger partial charge in [0, 0.05) is 35.8 Å². The normalized spacial score (nSPS) is 19.7. The number of likely N-dealkylation sites (N-methyl/N-ethyl adjacent to an activating group) is 1. The summed E-state index contributed by atoms with van der Waals surface area (Å²) in [5.41, 5.74) is 1.27. The lowest BCUT2D eigenvalue weighted by molar-refractivity contribution is -0.117. The average Bonchev–Trinajstić information content (AvgIpc) is 3.11. The van der Waals surface area contributed by atoms with Crippen LogP contribution in [0.3, 0.4) is 0 Å². The molecule has 1 aromatic rings. The summed E-state index contributed by atoms with van der Waals surface area (Å²) in [6, 6.07) is 1.86. The second-order valence-electron chi connectivity index (χ2n) is 8.93. The van der Waals surface area contributed by atoms with E-state index in [1.807, 2.05) is 7.05 Å². The largest absolute Gasteiger partial charge is 0.392 e. The molecule has 10 heteroatoms. The van der Waals surface area contributed by atoms with Crippen LogP contribution in [0.5, 0.6) is 0 Å². The summed E-state index contributed by atoms with van der Waals surface area (Å²) in [6.07, 6.45) is 4.41. The highest BCUT2D eigenvalue weighted by atomic mass is 32.2. The molecule has 0 radical (unpaired) electrons. The van der Waals surface area contributed by atoms with Gasteiger partial charge in [-0.15, -0.1) is 15.7 Å². The standard InChI is InChI=1S/C22H38N6O2S2/c1-15(2)20-10-17(22(31-20)16(3)4)11-21(29)26-32(24,30)28(19(12-23)13-25-5)18-8-7-9-27(6)14-18/h10,12-13,15-16,18,23,25H,7-9,11,14H2,1-6H3,(H2,24,26,29,30)/b19-13+,23-12?. The summed E-state index contributed by atoms with van der Waals surface area (Å²) in [4.78, 5) is 17.5. The van der Waals surface area contributed by atoms with E-state index < -0.39 is 16.0 Å². The Bertz CT molecular complexity index is 960. The molecule has 2 heterocycles. The molecular weight excluding hydrogens is 444 g/mol. The Kier molecular flexibility index (Phi) is 9.44. The van der Waals surface area contributed by atoms with Crippen LogP contribution in [0, 0.1) is 5.41 Å². The van der Waals surface area contributed by atoms with E-state index in [-0.39, 0.29) is 18.4 Å². The molecule has 2 atom stereocenters. The van der Waals surface area contributed by atoms with Crippen LogP contribution in [0.4, 0.5) is 0 Å². The number of carbonyl (C=O) groups excluding carboxylic acids is 1. The number of nitrogens with zero attached hydrogens (tertiary/aromatic N) is 3. The fourth-order valence-corrected chi connectivity index (χ4v) is 6.62. The zero-order valence-electron chi connectivity index (χ0n) is 20.1. The number of nitrogens with two attached hydrogens (primary N) is 1. The maximum atomic E-state index is 13.6. The predicted octanol–water partition coefficient (Wildman–Crippen LogP) is 3.43. The van der Waals surface area contributed by atoms with Crippen LogP contribution in [-0.2, 0) is 21.3 Å². The molecule has 0 bridgehead atoms. The molecule has 180 valence electrons. The minimum atomic E-state index is -3.56. The molecule has 32 heavy (non-hydrogen) atoms. The van der Waals surface area contributed by atoms with Crippen LogP contribution in [-0.4, -0.2) is 58.8 Å². The number of allylic oxidation sites excluding steroid dienone is 1. The molecule has 1 amide bonds. The van der Waals surface area contributed by atoms with Crippen molar-refractivity contribution in [1.82, 2.24) is 14.5 Å². The fraction of sp³-hybridized carbons (Fsp3) is 0.636. The van der Waals surface area contributed by atoms with Crippen molar-refractivity contribution in [2.45, 2.75) is 64.8 Å². The molecule has 2 rings (SSSR count). The minimum Gasteiger partial charge on any atom is -0.392 e. The first-order valence-electron chi connectivity index (χ1n) is 11.1. The van der Waals surface area contributed by atoms with Crippen LogP contribution < -0.4 is 10.5 Å². The summed E-state index contributed by atoms with van der Waals surface area (Å²) < 4.78 is 19.1. The number of piperidine rings is 1. The lowest BCUT2D eigenvalue weighted by atomic mass is 10.0. The molecule has 2 unspecified atom stereocenters. The zero-order chi connectivity index (χ0) is 24.1. The van der Waals surface area contributed by atoms with Crippen LogP contribution in [0.15, 0.2) is 22.3 Å². The van der Waals surface area contributed by atoms with Crippen molar-refractivity contribution in [3.05, 3.63) is 33.3 Å². The summed E-state index contributed by atoms with van der Waals surface area (Å²) in [7, 11) is 0.128. The topological polar surface area (TPSA) is 115 Å². The van der Waals surface area contributed by atoms with Gasteiger partial charge in [0.15, 0.2) is 0 Å². The van der Waals surface area contributed by atoms with E-state index in [1.165, 1.54) is 9.18 Å². The first-order valence-corrected chi connectivity index (χ1v) is 13.4. The molecule has 0 spiro atoms. The molecular formula is C22H38N6O2S2. The maximum Gasteiger partial charge on any atom is 0.260 e. The molecule has 1 aromatic heterocycles. The molecule has 1 aliphatic rings. The summed E-state index contributed by atoms with van der Waals surface area (Å²) >= 11 is 1.72. The van der Waals surface area contributed by atoms with E-state index in [2.05, 4.69) is 48.3 Å². The number of carbonyl (C=O) groups is 1. The highest BCUT2D eigenvalue weighted by Crippen LogP contribution is 2.34. The molecule has 1 saturated heterocycles. The summed E-state index contributed by atoms with van der Waals surface area (Å²) in [5.74, 6) is 0.156. The van der Waals surface area contributed by atoms with E-state index in [4.69, 9.17) is 10.5 Å². The molecule has 4 N–H and O–H groups in total. The Labute approximate surface area is 197 Å². The van der Waals surface area contributed by atoms with Crippen molar-refractivity contribution in [3.8, 4) is 0 Å². The first-order chi connectivity index (χ1) is 15.0. The van der Waals surface area contributed by atoms with E-state index >= 15 is 0 Å². The van der Waals surface area contributed by atoms with Gasteiger partial charge in [-0.3, -0.25) is 9.10 Å². The van der Waals surface area contributed by atoms with Crippen molar-refractivity contribution in [3.63, 3.8) is 0 Å². The smallest absolute Gasteiger partial charge is 0.260 e. The zero-order valence-corrected chi connectivity index (χ0v) is 21.7. The van der Waals surface area contributed by atoms with Gasteiger partial charge in [-0.25, -0.2) is 9.35 Å². The number of thiophene rings is 1. The highest BCUT2D eigenvalue weighted by Gasteiger charge is 2.31. The van der Waals surface area contributed by atoms with Crippen LogP contribution in [0.1, 0.15) is 67.7 Å². The molecule has 0 aliphatic carbocycles. The van der Waals surface area contributed by atoms with Crippen LogP contribution >= 0.6 is 11.3 Å². The van der Waals surface area contributed by atoms with E-state index in [0.29, 0.717) is 18.2 Å². The lowest BCUT2D eigenvalue weighted by Crippen LogP contribution is -2.51. The summed E-state index contributed by atoms with van der Waals surface area (Å²) in [5, 5.41) is 16.9.